The van der Waals surface area contributed by atoms with E-state index >= 15 is 0 Å². The van der Waals surface area contributed by atoms with Crippen molar-refractivity contribution in [3.8, 4) is 0 Å². The largest absolute Gasteiger partial charge is 0.433 e. The maximum Gasteiger partial charge on any atom is 0.433 e. The van der Waals surface area contributed by atoms with E-state index in [0.717, 1.165) is 44.4 Å². The Bertz CT molecular complexity index is 549. The zero-order valence-electron chi connectivity index (χ0n) is 10.7. The Labute approximate surface area is 115 Å². The number of nitrogens with zero attached hydrogens (tertiary/aromatic N) is 1. The Morgan fingerprint density at radius 1 is 1.15 bits per heavy atom. The normalized spacial score (nSPS) is 18.1. The van der Waals surface area contributed by atoms with Gasteiger partial charge in [0.15, 0.2) is 0 Å². The Balaban J connectivity index is 2.13. The molecular formula is C12H15F3N2O2S. The maximum atomic E-state index is 12.4. The van der Waals surface area contributed by atoms with Crippen molar-refractivity contribution in [1.29, 1.82) is 0 Å². The summed E-state index contributed by atoms with van der Waals surface area (Å²) in [5.41, 5.74) is -1.10. The molecule has 0 radical (unpaired) electrons. The lowest BCUT2D eigenvalue weighted by atomic mass is 9.96. The van der Waals surface area contributed by atoms with E-state index in [9.17, 15) is 21.6 Å². The molecule has 1 aromatic rings. The van der Waals surface area contributed by atoms with Crippen molar-refractivity contribution in [2.45, 2.75) is 49.2 Å². The fraction of sp³-hybridized carbons (Fsp3) is 0.583. The van der Waals surface area contributed by atoms with Crippen LogP contribution in [0, 0.1) is 0 Å². The minimum absolute atomic E-state index is 0.143. The first-order chi connectivity index (χ1) is 9.29. The van der Waals surface area contributed by atoms with Gasteiger partial charge in [-0.2, -0.15) is 13.2 Å². The predicted octanol–water partition coefficient (Wildman–Crippen LogP) is 2.71. The Kier molecular flexibility index (Phi) is 4.33. The first kappa shape index (κ1) is 15.2. The molecule has 1 aromatic heterocycles. The zero-order valence-corrected chi connectivity index (χ0v) is 11.5. The molecule has 8 heteroatoms. The van der Waals surface area contributed by atoms with Gasteiger partial charge in [0.05, 0.1) is 0 Å². The van der Waals surface area contributed by atoms with E-state index < -0.39 is 21.9 Å². The molecule has 1 aliphatic carbocycles. The molecule has 0 aromatic carbocycles. The molecule has 2 rings (SSSR count). The lowest BCUT2D eigenvalue weighted by Gasteiger charge is -2.22. The molecule has 0 spiro atoms. The minimum Gasteiger partial charge on any atom is -0.250 e. The van der Waals surface area contributed by atoms with Crippen molar-refractivity contribution in [2.75, 3.05) is 0 Å². The molecule has 1 N–H and O–H groups in total. The van der Waals surface area contributed by atoms with Crippen molar-refractivity contribution in [3.63, 3.8) is 0 Å². The Hall–Kier alpha value is -1.15. The third-order valence-corrected chi connectivity index (χ3v) is 4.77. The molecule has 112 valence electrons. The van der Waals surface area contributed by atoms with Crippen LogP contribution >= 0.6 is 0 Å². The summed E-state index contributed by atoms with van der Waals surface area (Å²) < 4.78 is 63.7. The van der Waals surface area contributed by atoms with Crippen LogP contribution in [0.4, 0.5) is 13.2 Å². The second-order valence-corrected chi connectivity index (χ2v) is 6.55. The van der Waals surface area contributed by atoms with E-state index in [2.05, 4.69) is 9.71 Å². The van der Waals surface area contributed by atoms with Crippen LogP contribution in [0.5, 0.6) is 0 Å². The quantitative estimate of drug-likeness (QED) is 0.934. The molecule has 0 bridgehead atoms. The van der Waals surface area contributed by atoms with Gasteiger partial charge in [0.25, 0.3) is 0 Å². The van der Waals surface area contributed by atoms with Crippen LogP contribution in [0.1, 0.15) is 37.8 Å². The molecule has 1 saturated carbocycles. The fourth-order valence-corrected chi connectivity index (χ4v) is 3.46. The fourth-order valence-electron chi connectivity index (χ4n) is 2.21. The highest BCUT2D eigenvalue weighted by Crippen LogP contribution is 2.28. The summed E-state index contributed by atoms with van der Waals surface area (Å²) in [6.07, 6.45) is 0.685. The summed E-state index contributed by atoms with van der Waals surface area (Å²) in [6, 6.07) is 1.47. The molecule has 0 saturated heterocycles. The minimum atomic E-state index is -4.57. The number of sulfonamides is 1. The zero-order chi connectivity index (χ0) is 14.8. The Morgan fingerprint density at radius 3 is 2.30 bits per heavy atom. The van der Waals surface area contributed by atoms with E-state index in [4.69, 9.17) is 0 Å². The van der Waals surface area contributed by atoms with Gasteiger partial charge in [0, 0.05) is 12.2 Å². The summed E-state index contributed by atoms with van der Waals surface area (Å²) in [4.78, 5) is 2.93. The molecule has 20 heavy (non-hydrogen) atoms. The van der Waals surface area contributed by atoms with Crippen molar-refractivity contribution in [2.24, 2.45) is 0 Å². The number of rotatable bonds is 3. The number of hydrogen-bond donors (Lipinski definition) is 1. The van der Waals surface area contributed by atoms with E-state index in [1.807, 2.05) is 0 Å². The van der Waals surface area contributed by atoms with Crippen LogP contribution in [0.3, 0.4) is 0 Å². The van der Waals surface area contributed by atoms with Gasteiger partial charge in [-0.3, -0.25) is 4.98 Å². The third-order valence-electron chi connectivity index (χ3n) is 3.26. The van der Waals surface area contributed by atoms with Gasteiger partial charge in [0.1, 0.15) is 10.6 Å². The highest BCUT2D eigenvalue weighted by molar-refractivity contribution is 7.89. The Morgan fingerprint density at radius 2 is 1.80 bits per heavy atom. The summed E-state index contributed by atoms with van der Waals surface area (Å²) >= 11 is 0. The first-order valence-corrected chi connectivity index (χ1v) is 7.83. The summed E-state index contributed by atoms with van der Waals surface area (Å²) in [7, 11) is -3.80. The molecule has 1 fully saturated rings. The lowest BCUT2D eigenvalue weighted by Crippen LogP contribution is -2.36. The molecule has 1 heterocycles. The number of aromatic nitrogens is 1. The van der Waals surface area contributed by atoms with Crippen molar-refractivity contribution < 1.29 is 21.6 Å². The predicted molar refractivity (Wildman–Crippen MR) is 66.4 cm³/mol. The van der Waals surface area contributed by atoms with Gasteiger partial charge in [-0.1, -0.05) is 19.3 Å². The second kappa shape index (κ2) is 5.69. The number of pyridine rings is 1. The molecule has 0 unspecified atom stereocenters. The molecular weight excluding hydrogens is 293 g/mol. The van der Waals surface area contributed by atoms with Gasteiger partial charge >= 0.3 is 6.18 Å². The monoisotopic (exact) mass is 308 g/mol. The SMILES string of the molecule is O=S(=O)(NC1CCCCC1)c1ccc(C(F)(F)F)nc1. The third kappa shape index (κ3) is 3.69. The molecule has 4 nitrogen and oxygen atoms in total. The van der Waals surface area contributed by atoms with Crippen molar-refractivity contribution >= 4 is 10.0 Å². The average molecular weight is 308 g/mol. The van der Waals surface area contributed by atoms with E-state index in [1.54, 1.807) is 0 Å². The topological polar surface area (TPSA) is 59.1 Å². The molecule has 0 aliphatic heterocycles. The van der Waals surface area contributed by atoms with Crippen LogP contribution in [-0.4, -0.2) is 19.4 Å². The highest BCUT2D eigenvalue weighted by Gasteiger charge is 2.32. The number of alkyl halides is 3. The van der Waals surface area contributed by atoms with Gasteiger partial charge in [-0.25, -0.2) is 13.1 Å². The van der Waals surface area contributed by atoms with Gasteiger partial charge in [-0.05, 0) is 25.0 Å². The van der Waals surface area contributed by atoms with Crippen molar-refractivity contribution in [1.82, 2.24) is 9.71 Å². The lowest BCUT2D eigenvalue weighted by molar-refractivity contribution is -0.141. The number of halogens is 3. The maximum absolute atomic E-state index is 12.4. The summed E-state index contributed by atoms with van der Waals surface area (Å²) in [6.45, 7) is 0. The highest BCUT2D eigenvalue weighted by atomic mass is 32.2. The molecule has 0 amide bonds. The summed E-state index contributed by atoms with van der Waals surface area (Å²) in [5, 5.41) is 0. The van der Waals surface area contributed by atoms with E-state index in [0.29, 0.717) is 6.07 Å². The molecule has 0 atom stereocenters. The van der Waals surface area contributed by atoms with E-state index in [1.165, 1.54) is 0 Å². The van der Waals surface area contributed by atoms with E-state index in [-0.39, 0.29) is 10.9 Å². The van der Waals surface area contributed by atoms with Gasteiger partial charge in [0.2, 0.25) is 10.0 Å². The van der Waals surface area contributed by atoms with Crippen LogP contribution in [0.2, 0.25) is 0 Å². The van der Waals surface area contributed by atoms with Crippen LogP contribution in [-0.2, 0) is 16.2 Å². The first-order valence-electron chi connectivity index (χ1n) is 6.34. The van der Waals surface area contributed by atoms with Gasteiger partial charge < -0.3 is 0 Å². The van der Waals surface area contributed by atoms with Gasteiger partial charge in [-0.15, -0.1) is 0 Å². The average Bonchev–Trinajstić information content (AvgIpc) is 2.38. The molecule has 1 aliphatic rings. The standard InChI is InChI=1S/C12H15F3N2O2S/c13-12(14,15)11-7-6-10(8-16-11)20(18,19)17-9-4-2-1-3-5-9/h6-9,17H,1-5H2. The number of hydrogen-bond acceptors (Lipinski definition) is 3. The van der Waals surface area contributed by atoms with Crippen LogP contribution in [0.25, 0.3) is 0 Å². The van der Waals surface area contributed by atoms with Crippen LogP contribution in [0.15, 0.2) is 23.2 Å². The smallest absolute Gasteiger partial charge is 0.250 e. The van der Waals surface area contributed by atoms with Crippen LogP contribution < -0.4 is 4.72 Å². The second-order valence-electron chi connectivity index (χ2n) is 4.83. The van der Waals surface area contributed by atoms with Crippen molar-refractivity contribution in [3.05, 3.63) is 24.0 Å². The number of nitrogens with one attached hydrogen (secondary N) is 1. The summed E-state index contributed by atoms with van der Waals surface area (Å²) in [5.74, 6) is 0.